The van der Waals surface area contributed by atoms with Crippen LogP contribution >= 0.6 is 23.1 Å². The van der Waals surface area contributed by atoms with Gasteiger partial charge in [0.05, 0.1) is 16.8 Å². The van der Waals surface area contributed by atoms with E-state index in [9.17, 15) is 18.0 Å². The molecule has 0 aliphatic heterocycles. The molecule has 2 aromatic heterocycles. The van der Waals surface area contributed by atoms with Crippen LogP contribution in [-0.4, -0.2) is 27.2 Å². The Labute approximate surface area is 195 Å². The highest BCUT2D eigenvalue weighted by molar-refractivity contribution is 7.98. The van der Waals surface area contributed by atoms with E-state index in [-0.39, 0.29) is 0 Å². The van der Waals surface area contributed by atoms with Crippen LogP contribution in [0, 0.1) is 6.92 Å². The Kier molecular flexibility index (Phi) is 6.40. The first-order valence-corrected chi connectivity index (χ1v) is 11.6. The van der Waals surface area contributed by atoms with E-state index in [1.807, 2.05) is 36.9 Å². The molecule has 2 aromatic carbocycles. The normalized spacial score (nSPS) is 11.8. The van der Waals surface area contributed by atoms with Crippen LogP contribution in [0.5, 0.6) is 5.75 Å². The van der Waals surface area contributed by atoms with Gasteiger partial charge in [-0.15, -0.1) is 23.1 Å². The van der Waals surface area contributed by atoms with Crippen LogP contribution in [-0.2, 0) is 23.8 Å². The molecule has 0 amide bonds. The van der Waals surface area contributed by atoms with Crippen molar-refractivity contribution in [1.29, 1.82) is 0 Å². The van der Waals surface area contributed by atoms with Gasteiger partial charge >= 0.3 is 12.1 Å². The molecule has 4 aromatic rings. The second kappa shape index (κ2) is 9.11. The van der Waals surface area contributed by atoms with Gasteiger partial charge in [-0.2, -0.15) is 13.2 Å². The van der Waals surface area contributed by atoms with Crippen molar-refractivity contribution in [2.45, 2.75) is 23.7 Å². The molecule has 0 unspecified atom stereocenters. The third-order valence-corrected chi connectivity index (χ3v) is 7.48. The summed E-state index contributed by atoms with van der Waals surface area (Å²) in [5.74, 6) is 0.109. The van der Waals surface area contributed by atoms with E-state index in [1.54, 1.807) is 17.8 Å². The number of hydrogen-bond acceptors (Lipinski definition) is 5. The van der Waals surface area contributed by atoms with Crippen molar-refractivity contribution in [3.05, 3.63) is 64.8 Å². The van der Waals surface area contributed by atoms with Crippen LogP contribution in [0.15, 0.2) is 53.6 Å². The van der Waals surface area contributed by atoms with Gasteiger partial charge in [-0.3, -0.25) is 0 Å². The van der Waals surface area contributed by atoms with Crippen LogP contribution in [0.3, 0.4) is 0 Å². The minimum Gasteiger partial charge on any atom is -0.481 e. The Morgan fingerprint density at radius 2 is 1.91 bits per heavy atom. The summed E-state index contributed by atoms with van der Waals surface area (Å²) in [5, 5.41) is 10.4. The lowest BCUT2D eigenvalue weighted by molar-refractivity contribution is -0.139. The summed E-state index contributed by atoms with van der Waals surface area (Å²) in [6.07, 6.45) is -2.47. The Morgan fingerprint density at radius 3 is 2.58 bits per heavy atom. The number of benzene rings is 2. The van der Waals surface area contributed by atoms with Crippen LogP contribution in [0.1, 0.15) is 16.1 Å². The molecule has 0 bridgehead atoms. The molecule has 0 radical (unpaired) electrons. The molecular formula is C23H19F3N2O3S2. The molecule has 0 saturated heterocycles. The molecule has 0 saturated carbocycles. The maximum Gasteiger partial charge on any atom is 0.416 e. The van der Waals surface area contributed by atoms with Crippen LogP contribution in [0.4, 0.5) is 13.2 Å². The summed E-state index contributed by atoms with van der Waals surface area (Å²) in [5.41, 5.74) is 1.75. The zero-order valence-corrected chi connectivity index (χ0v) is 19.3. The quantitative estimate of drug-likeness (QED) is 0.303. The van der Waals surface area contributed by atoms with Crippen molar-refractivity contribution in [3.63, 3.8) is 0 Å². The molecule has 2 heterocycles. The number of thiazole rings is 1. The minimum atomic E-state index is -4.37. The highest BCUT2D eigenvalue weighted by atomic mass is 32.2. The summed E-state index contributed by atoms with van der Waals surface area (Å²) < 4.78 is 45.8. The molecule has 10 heteroatoms. The van der Waals surface area contributed by atoms with Gasteiger partial charge in [0.15, 0.2) is 6.61 Å². The van der Waals surface area contributed by atoms with E-state index in [4.69, 9.17) is 9.84 Å². The fourth-order valence-corrected chi connectivity index (χ4v) is 5.69. The minimum absolute atomic E-state index is 0.413. The number of carboxylic acid groups (broad SMARTS) is 1. The number of fused-ring (bicyclic) bond motifs is 1. The molecule has 33 heavy (non-hydrogen) atoms. The molecule has 0 fully saturated rings. The second-order valence-electron chi connectivity index (χ2n) is 7.32. The fraction of sp³-hybridized carbons (Fsp3) is 0.217. The zero-order valence-electron chi connectivity index (χ0n) is 17.6. The van der Waals surface area contributed by atoms with Gasteiger partial charge in [-0.25, -0.2) is 9.78 Å². The molecule has 172 valence electrons. The lowest BCUT2D eigenvalue weighted by Crippen LogP contribution is -2.09. The van der Waals surface area contributed by atoms with Crippen LogP contribution < -0.4 is 4.74 Å². The summed E-state index contributed by atoms with van der Waals surface area (Å²) in [6, 6.07) is 10.6. The average molecular weight is 493 g/mol. The molecule has 0 aliphatic carbocycles. The number of alkyl halides is 3. The Morgan fingerprint density at radius 1 is 1.18 bits per heavy atom. The topological polar surface area (TPSA) is 64.3 Å². The number of carbonyl (C=O) groups is 1. The van der Waals surface area contributed by atoms with Crippen molar-refractivity contribution in [1.82, 2.24) is 9.55 Å². The summed E-state index contributed by atoms with van der Waals surface area (Å²) in [7, 11) is 1.91. The van der Waals surface area contributed by atoms with Gasteiger partial charge in [0.1, 0.15) is 10.8 Å². The number of nitrogens with zero attached hydrogens (tertiary/aromatic N) is 2. The third-order valence-electron chi connectivity index (χ3n) is 5.02. The Balaban J connectivity index is 1.54. The van der Waals surface area contributed by atoms with Gasteiger partial charge in [0.2, 0.25) is 0 Å². The van der Waals surface area contributed by atoms with Crippen molar-refractivity contribution >= 4 is 40.0 Å². The summed E-state index contributed by atoms with van der Waals surface area (Å²) >= 11 is 3.07. The standard InChI is InChI=1S/C23H19F3N2O3S2/c1-13-19(33-22(27-13)14-3-5-15(6-4-14)23(24,25)26)12-32-18-8-7-17(31-11-20(29)30)16-9-10-28(2)21(16)18/h3-10H,11-12H2,1-2H3,(H,29,30). The van der Waals surface area contributed by atoms with E-state index in [0.717, 1.165) is 38.5 Å². The SMILES string of the molecule is Cc1nc(-c2ccc(C(F)(F)F)cc2)sc1CSc1ccc(OCC(=O)O)c2ccn(C)c12. The summed E-state index contributed by atoms with van der Waals surface area (Å²) in [4.78, 5) is 17.4. The number of aromatic nitrogens is 2. The van der Waals surface area contributed by atoms with E-state index < -0.39 is 24.3 Å². The predicted octanol–water partition coefficient (Wildman–Crippen LogP) is 6.38. The van der Waals surface area contributed by atoms with Crippen LogP contribution in [0.25, 0.3) is 21.5 Å². The number of rotatable bonds is 7. The van der Waals surface area contributed by atoms with Gasteiger partial charge in [-0.05, 0) is 37.3 Å². The maximum absolute atomic E-state index is 12.8. The summed E-state index contributed by atoms with van der Waals surface area (Å²) in [6.45, 7) is 1.48. The molecule has 0 atom stereocenters. The number of aliphatic carboxylic acids is 1. The molecule has 0 spiro atoms. The van der Waals surface area contributed by atoms with E-state index >= 15 is 0 Å². The van der Waals surface area contributed by atoms with E-state index in [2.05, 4.69) is 4.98 Å². The van der Waals surface area contributed by atoms with Crippen molar-refractivity contribution < 1.29 is 27.8 Å². The maximum atomic E-state index is 12.8. The first-order chi connectivity index (χ1) is 15.6. The highest BCUT2D eigenvalue weighted by Crippen LogP contribution is 2.38. The lowest BCUT2D eigenvalue weighted by Gasteiger charge is -2.10. The first kappa shape index (κ1) is 23.2. The number of aryl methyl sites for hydroxylation is 2. The van der Waals surface area contributed by atoms with Crippen LogP contribution in [0.2, 0.25) is 0 Å². The molecule has 1 N–H and O–H groups in total. The van der Waals surface area contributed by atoms with Gasteiger partial charge < -0.3 is 14.4 Å². The van der Waals surface area contributed by atoms with Crippen molar-refractivity contribution in [2.24, 2.45) is 7.05 Å². The number of thioether (sulfide) groups is 1. The highest BCUT2D eigenvalue weighted by Gasteiger charge is 2.30. The molecular weight excluding hydrogens is 473 g/mol. The van der Waals surface area contributed by atoms with Gasteiger partial charge in [-0.1, -0.05) is 12.1 Å². The second-order valence-corrected chi connectivity index (χ2v) is 9.43. The average Bonchev–Trinajstić information content (AvgIpc) is 3.34. The number of hydrogen-bond donors (Lipinski definition) is 1. The first-order valence-electron chi connectivity index (χ1n) is 9.83. The van der Waals surface area contributed by atoms with Gasteiger partial charge in [0, 0.05) is 39.7 Å². The molecule has 5 nitrogen and oxygen atoms in total. The fourth-order valence-electron chi connectivity index (χ4n) is 3.37. The third kappa shape index (κ3) is 5.01. The van der Waals surface area contributed by atoms with E-state index in [1.165, 1.54) is 23.5 Å². The predicted molar refractivity (Wildman–Crippen MR) is 123 cm³/mol. The number of halogens is 3. The molecule has 4 rings (SSSR count). The molecule has 0 aliphatic rings. The van der Waals surface area contributed by atoms with E-state index in [0.29, 0.717) is 22.1 Å². The number of ether oxygens (including phenoxy) is 1. The van der Waals surface area contributed by atoms with Crippen molar-refractivity contribution in [3.8, 4) is 16.3 Å². The number of carboxylic acids is 1. The zero-order chi connectivity index (χ0) is 23.8. The van der Waals surface area contributed by atoms with Crippen molar-refractivity contribution in [2.75, 3.05) is 6.61 Å². The monoisotopic (exact) mass is 492 g/mol. The smallest absolute Gasteiger partial charge is 0.416 e. The largest absolute Gasteiger partial charge is 0.481 e. The Bertz CT molecular complexity index is 1310. The Hall–Kier alpha value is -2.98. The van der Waals surface area contributed by atoms with Gasteiger partial charge in [0.25, 0.3) is 0 Å². The lowest BCUT2D eigenvalue weighted by atomic mass is 10.1.